The summed E-state index contributed by atoms with van der Waals surface area (Å²) >= 11 is 0. The number of nitrogens with zero attached hydrogens (tertiary/aromatic N) is 2. The molecule has 1 N–H and O–H groups in total. The van der Waals surface area contributed by atoms with Crippen LogP contribution in [0, 0.1) is 0 Å². The number of hydrogen-bond acceptors (Lipinski definition) is 3. The number of nitrogens with one attached hydrogen (secondary N) is 1. The summed E-state index contributed by atoms with van der Waals surface area (Å²) in [5.74, 6) is -0.190. The minimum atomic E-state index is -0.190. The van der Waals surface area contributed by atoms with Crippen molar-refractivity contribution in [3.63, 3.8) is 0 Å². The topological polar surface area (TPSA) is 35.6 Å². The maximum atomic E-state index is 11.5. The van der Waals surface area contributed by atoms with E-state index in [1.807, 2.05) is 31.3 Å². The van der Waals surface area contributed by atoms with Gasteiger partial charge in [-0.25, -0.2) is 0 Å². The van der Waals surface area contributed by atoms with Gasteiger partial charge in [-0.3, -0.25) is 4.79 Å². The summed E-state index contributed by atoms with van der Waals surface area (Å²) in [6, 6.07) is 8.32. The average Bonchev–Trinajstić information content (AvgIpc) is 2.44. The van der Waals surface area contributed by atoms with Crippen molar-refractivity contribution in [2.24, 2.45) is 0 Å². The quantitative estimate of drug-likeness (QED) is 0.777. The van der Waals surface area contributed by atoms with Gasteiger partial charge in [0.1, 0.15) is 0 Å². The largest absolute Gasteiger partial charge is 0.372 e. The first-order chi connectivity index (χ1) is 9.45. The van der Waals surface area contributed by atoms with Crippen molar-refractivity contribution in [1.82, 2.24) is 4.90 Å². The van der Waals surface area contributed by atoms with Crippen molar-refractivity contribution < 1.29 is 4.79 Å². The van der Waals surface area contributed by atoms with Gasteiger partial charge in [0.05, 0.1) is 11.4 Å². The highest BCUT2D eigenvalue weighted by Gasteiger charge is 2.10. The molecule has 1 rings (SSSR count). The van der Waals surface area contributed by atoms with Crippen LogP contribution in [-0.4, -0.2) is 44.0 Å². The molecular weight excluding hydrogens is 250 g/mol. The normalized spacial score (nSPS) is 10.7. The lowest BCUT2D eigenvalue weighted by Crippen LogP contribution is -2.35. The molecule has 0 bridgehead atoms. The van der Waals surface area contributed by atoms with Crippen molar-refractivity contribution in [3.8, 4) is 0 Å². The minimum Gasteiger partial charge on any atom is -0.372 e. The molecule has 0 saturated carbocycles. The number of rotatable bonds is 7. The first-order valence-electron chi connectivity index (χ1n) is 6.89. The number of amides is 1. The van der Waals surface area contributed by atoms with E-state index in [4.69, 9.17) is 0 Å². The van der Waals surface area contributed by atoms with Crippen LogP contribution in [0.25, 0.3) is 0 Å². The van der Waals surface area contributed by atoms with E-state index in [9.17, 15) is 4.79 Å². The van der Waals surface area contributed by atoms with Crippen molar-refractivity contribution in [2.75, 3.05) is 37.4 Å². The van der Waals surface area contributed by atoms with Crippen molar-refractivity contribution >= 4 is 17.3 Å². The highest BCUT2D eigenvalue weighted by molar-refractivity contribution is 6.01. The van der Waals surface area contributed by atoms with Gasteiger partial charge in [-0.2, -0.15) is 0 Å². The van der Waals surface area contributed by atoms with Gasteiger partial charge in [-0.1, -0.05) is 18.7 Å². The number of likely N-dealkylation sites (N-methyl/N-ethyl adjacent to an activating group) is 2. The number of carbonyl (C=O) groups is 1. The van der Waals surface area contributed by atoms with Crippen molar-refractivity contribution in [2.45, 2.75) is 19.9 Å². The van der Waals surface area contributed by atoms with Crippen molar-refractivity contribution in [1.29, 1.82) is 0 Å². The zero-order valence-corrected chi connectivity index (χ0v) is 12.9. The molecule has 1 amide bonds. The molecule has 0 heterocycles. The summed E-state index contributed by atoms with van der Waals surface area (Å²) in [6.07, 6.45) is 1.28. The first-order valence-corrected chi connectivity index (χ1v) is 6.89. The van der Waals surface area contributed by atoms with E-state index in [0.717, 1.165) is 24.5 Å². The highest BCUT2D eigenvalue weighted by Crippen LogP contribution is 2.24. The number of anilines is 2. The molecule has 0 fully saturated rings. The van der Waals surface area contributed by atoms with Gasteiger partial charge < -0.3 is 15.1 Å². The predicted octanol–water partition coefficient (Wildman–Crippen LogP) is 2.59. The Kier molecular flexibility index (Phi) is 6.25. The molecule has 0 aliphatic rings. The van der Waals surface area contributed by atoms with Crippen LogP contribution in [0.15, 0.2) is 36.9 Å². The van der Waals surface area contributed by atoms with Gasteiger partial charge in [-0.15, -0.1) is 0 Å². The SMILES string of the molecule is C=CC(=O)Nc1ccccc1N(C)CCN(C)C(C)C. The Morgan fingerprint density at radius 1 is 1.30 bits per heavy atom. The Balaban J connectivity index is 2.74. The van der Waals surface area contributed by atoms with E-state index < -0.39 is 0 Å². The average molecular weight is 275 g/mol. The zero-order valence-electron chi connectivity index (χ0n) is 12.9. The van der Waals surface area contributed by atoms with E-state index >= 15 is 0 Å². The smallest absolute Gasteiger partial charge is 0.247 e. The van der Waals surface area contributed by atoms with Gasteiger partial charge in [0, 0.05) is 26.2 Å². The van der Waals surface area contributed by atoms with E-state index in [1.54, 1.807) is 0 Å². The molecule has 0 unspecified atom stereocenters. The molecule has 0 spiro atoms. The molecule has 0 aromatic heterocycles. The van der Waals surface area contributed by atoms with Crippen LogP contribution in [0.2, 0.25) is 0 Å². The van der Waals surface area contributed by atoms with Crippen LogP contribution in [-0.2, 0) is 4.79 Å². The second kappa shape index (κ2) is 7.70. The number of para-hydroxylation sites is 2. The highest BCUT2D eigenvalue weighted by atomic mass is 16.1. The molecule has 0 atom stereocenters. The number of carbonyl (C=O) groups excluding carboxylic acids is 1. The molecule has 0 aliphatic heterocycles. The fraction of sp³-hybridized carbons (Fsp3) is 0.438. The third kappa shape index (κ3) is 4.70. The third-order valence-corrected chi connectivity index (χ3v) is 3.43. The lowest BCUT2D eigenvalue weighted by molar-refractivity contribution is -0.111. The van der Waals surface area contributed by atoms with Gasteiger partial charge in [0.15, 0.2) is 0 Å². The maximum Gasteiger partial charge on any atom is 0.247 e. The molecule has 0 aliphatic carbocycles. The van der Waals surface area contributed by atoms with Gasteiger partial charge in [0.25, 0.3) is 0 Å². The fourth-order valence-electron chi connectivity index (χ4n) is 1.78. The summed E-state index contributed by atoms with van der Waals surface area (Å²) in [4.78, 5) is 15.9. The Morgan fingerprint density at radius 3 is 2.55 bits per heavy atom. The van der Waals surface area contributed by atoms with Crippen LogP contribution >= 0.6 is 0 Å². The summed E-state index contributed by atoms with van der Waals surface area (Å²) < 4.78 is 0. The first kappa shape index (κ1) is 16.2. The van der Waals surface area contributed by atoms with Gasteiger partial charge in [-0.05, 0) is 39.1 Å². The van der Waals surface area contributed by atoms with Crippen LogP contribution in [0.1, 0.15) is 13.8 Å². The summed E-state index contributed by atoms with van der Waals surface area (Å²) in [5, 5.41) is 2.84. The molecule has 4 heteroatoms. The monoisotopic (exact) mass is 275 g/mol. The number of benzene rings is 1. The molecule has 20 heavy (non-hydrogen) atoms. The van der Waals surface area contributed by atoms with E-state index in [1.165, 1.54) is 6.08 Å². The molecule has 110 valence electrons. The zero-order chi connectivity index (χ0) is 15.1. The van der Waals surface area contributed by atoms with Gasteiger partial charge >= 0.3 is 0 Å². The molecular formula is C16H25N3O. The Bertz CT molecular complexity index is 457. The standard InChI is InChI=1S/C16H25N3O/c1-6-16(20)17-14-9-7-8-10-15(14)19(5)12-11-18(4)13(2)3/h6-10,13H,1,11-12H2,2-5H3,(H,17,20). The predicted molar refractivity (Wildman–Crippen MR) is 86.3 cm³/mol. The van der Waals surface area contributed by atoms with Gasteiger partial charge in [0.2, 0.25) is 5.91 Å². The minimum absolute atomic E-state index is 0.190. The van der Waals surface area contributed by atoms with Crippen LogP contribution in [0.4, 0.5) is 11.4 Å². The van der Waals surface area contributed by atoms with E-state index in [2.05, 4.69) is 42.6 Å². The molecule has 0 radical (unpaired) electrons. The summed E-state index contributed by atoms with van der Waals surface area (Å²) in [7, 11) is 4.15. The van der Waals surface area contributed by atoms with Crippen LogP contribution in [0.5, 0.6) is 0 Å². The Labute approximate surface area is 122 Å². The second-order valence-corrected chi connectivity index (χ2v) is 5.21. The molecule has 1 aromatic carbocycles. The molecule has 0 saturated heterocycles. The van der Waals surface area contributed by atoms with Crippen LogP contribution < -0.4 is 10.2 Å². The summed E-state index contributed by atoms with van der Waals surface area (Å²) in [5.41, 5.74) is 1.83. The second-order valence-electron chi connectivity index (χ2n) is 5.21. The van der Waals surface area contributed by atoms with Crippen molar-refractivity contribution in [3.05, 3.63) is 36.9 Å². The lowest BCUT2D eigenvalue weighted by Gasteiger charge is -2.27. The maximum absolute atomic E-state index is 11.5. The molecule has 4 nitrogen and oxygen atoms in total. The Hall–Kier alpha value is -1.81. The Morgan fingerprint density at radius 2 is 1.95 bits per heavy atom. The molecule has 1 aromatic rings. The van der Waals surface area contributed by atoms with Crippen LogP contribution in [0.3, 0.4) is 0 Å². The lowest BCUT2D eigenvalue weighted by atomic mass is 10.2. The van der Waals surface area contributed by atoms with E-state index in [-0.39, 0.29) is 5.91 Å². The summed E-state index contributed by atoms with van der Waals surface area (Å²) in [6.45, 7) is 9.70. The van der Waals surface area contributed by atoms with E-state index in [0.29, 0.717) is 6.04 Å². The third-order valence-electron chi connectivity index (χ3n) is 3.43. The fourth-order valence-corrected chi connectivity index (χ4v) is 1.78. The number of hydrogen-bond donors (Lipinski definition) is 1.